The standard InChI is InChI=1S/C14H24N2O/c1-10-5-4-6-11(2)14(10)9-16-7-13(8-16)15-12(3)17/h5,11,13-14H,4,6-9H2,1-3H3,(H,15,17)/t11-,14-/m1/s1. The smallest absolute Gasteiger partial charge is 0.217 e. The van der Waals surface area contributed by atoms with Crippen molar-refractivity contribution in [3.63, 3.8) is 0 Å². The van der Waals surface area contributed by atoms with Crippen LogP contribution in [0.1, 0.15) is 33.6 Å². The van der Waals surface area contributed by atoms with Crippen LogP contribution in [0, 0.1) is 11.8 Å². The minimum atomic E-state index is 0.0942. The molecule has 2 aliphatic rings. The van der Waals surface area contributed by atoms with Crippen molar-refractivity contribution in [1.29, 1.82) is 0 Å². The summed E-state index contributed by atoms with van der Waals surface area (Å²) in [6.45, 7) is 9.45. The Labute approximate surface area is 104 Å². The number of likely N-dealkylation sites (tertiary alicyclic amines) is 1. The summed E-state index contributed by atoms with van der Waals surface area (Å²) in [5.41, 5.74) is 1.56. The van der Waals surface area contributed by atoms with Crippen LogP contribution in [0.15, 0.2) is 11.6 Å². The molecule has 0 aromatic carbocycles. The van der Waals surface area contributed by atoms with E-state index < -0.39 is 0 Å². The lowest BCUT2D eigenvalue weighted by Crippen LogP contribution is -2.60. The zero-order valence-corrected chi connectivity index (χ0v) is 11.2. The van der Waals surface area contributed by atoms with Crippen LogP contribution in [-0.4, -0.2) is 36.5 Å². The first-order valence-electron chi connectivity index (χ1n) is 6.72. The molecule has 17 heavy (non-hydrogen) atoms. The molecule has 1 fully saturated rings. The van der Waals surface area contributed by atoms with Gasteiger partial charge in [0.2, 0.25) is 5.91 Å². The van der Waals surface area contributed by atoms with E-state index in [0.717, 1.165) is 24.9 Å². The van der Waals surface area contributed by atoms with Crippen molar-refractivity contribution in [2.45, 2.75) is 39.7 Å². The fraction of sp³-hybridized carbons (Fsp3) is 0.786. The lowest BCUT2D eigenvalue weighted by Gasteiger charge is -2.43. The molecule has 1 amide bonds. The van der Waals surface area contributed by atoms with Gasteiger partial charge in [0.1, 0.15) is 0 Å². The summed E-state index contributed by atoms with van der Waals surface area (Å²) in [5, 5.41) is 2.97. The Balaban J connectivity index is 1.77. The average Bonchev–Trinajstić information content (AvgIpc) is 2.18. The Hall–Kier alpha value is -0.830. The molecule has 0 spiro atoms. The van der Waals surface area contributed by atoms with E-state index in [1.807, 2.05) is 0 Å². The summed E-state index contributed by atoms with van der Waals surface area (Å²) in [4.78, 5) is 13.4. The summed E-state index contributed by atoms with van der Waals surface area (Å²) in [7, 11) is 0. The average molecular weight is 236 g/mol. The highest BCUT2D eigenvalue weighted by Crippen LogP contribution is 2.31. The first kappa shape index (κ1) is 12.6. The number of allylic oxidation sites excluding steroid dienone is 1. The lowest BCUT2D eigenvalue weighted by molar-refractivity contribution is -0.120. The van der Waals surface area contributed by atoms with E-state index in [1.165, 1.54) is 19.4 Å². The topological polar surface area (TPSA) is 32.3 Å². The molecule has 1 aliphatic carbocycles. The van der Waals surface area contributed by atoms with Gasteiger partial charge < -0.3 is 5.32 Å². The number of nitrogens with zero attached hydrogens (tertiary/aromatic N) is 1. The van der Waals surface area contributed by atoms with Crippen molar-refractivity contribution < 1.29 is 4.79 Å². The van der Waals surface area contributed by atoms with Crippen LogP contribution in [0.25, 0.3) is 0 Å². The fourth-order valence-electron chi connectivity index (χ4n) is 3.08. The van der Waals surface area contributed by atoms with Crippen LogP contribution in [0.5, 0.6) is 0 Å². The Morgan fingerprint density at radius 3 is 2.82 bits per heavy atom. The minimum absolute atomic E-state index is 0.0942. The van der Waals surface area contributed by atoms with Crippen LogP contribution in [0.3, 0.4) is 0 Å². The van der Waals surface area contributed by atoms with E-state index in [-0.39, 0.29) is 5.91 Å². The molecule has 0 unspecified atom stereocenters. The number of rotatable bonds is 3. The predicted octanol–water partition coefficient (Wildman–Crippen LogP) is 1.80. The van der Waals surface area contributed by atoms with Crippen LogP contribution >= 0.6 is 0 Å². The maximum Gasteiger partial charge on any atom is 0.217 e. The molecule has 0 radical (unpaired) electrons. The van der Waals surface area contributed by atoms with Crippen LogP contribution in [-0.2, 0) is 4.79 Å². The molecular weight excluding hydrogens is 212 g/mol. The zero-order chi connectivity index (χ0) is 12.4. The molecule has 1 aliphatic heterocycles. The molecule has 0 aromatic rings. The van der Waals surface area contributed by atoms with E-state index in [1.54, 1.807) is 12.5 Å². The van der Waals surface area contributed by atoms with Gasteiger partial charge in [-0.25, -0.2) is 0 Å². The molecule has 1 heterocycles. The molecule has 2 rings (SSSR count). The van der Waals surface area contributed by atoms with Crippen molar-refractivity contribution in [2.75, 3.05) is 19.6 Å². The van der Waals surface area contributed by atoms with Crippen molar-refractivity contribution in [2.24, 2.45) is 11.8 Å². The summed E-state index contributed by atoms with van der Waals surface area (Å²) in [6, 6.07) is 0.385. The molecule has 3 heteroatoms. The normalized spacial score (nSPS) is 30.6. The van der Waals surface area contributed by atoms with Crippen LogP contribution in [0.2, 0.25) is 0 Å². The Morgan fingerprint density at radius 2 is 2.24 bits per heavy atom. The number of nitrogens with one attached hydrogen (secondary N) is 1. The second kappa shape index (κ2) is 5.21. The van der Waals surface area contributed by atoms with Gasteiger partial charge in [-0.15, -0.1) is 0 Å². The number of hydrogen-bond acceptors (Lipinski definition) is 2. The number of carbonyl (C=O) groups excluding carboxylic acids is 1. The fourth-order valence-corrected chi connectivity index (χ4v) is 3.08. The summed E-state index contributed by atoms with van der Waals surface area (Å²) >= 11 is 0. The summed E-state index contributed by atoms with van der Waals surface area (Å²) in [5.74, 6) is 1.62. The van der Waals surface area contributed by atoms with E-state index >= 15 is 0 Å². The first-order chi connectivity index (χ1) is 8.06. The molecule has 96 valence electrons. The second-order valence-corrected chi connectivity index (χ2v) is 5.73. The summed E-state index contributed by atoms with van der Waals surface area (Å²) in [6.07, 6.45) is 4.97. The van der Waals surface area contributed by atoms with Crippen LogP contribution < -0.4 is 5.32 Å². The van der Waals surface area contributed by atoms with Crippen molar-refractivity contribution in [3.8, 4) is 0 Å². The Bertz CT molecular complexity index is 318. The summed E-state index contributed by atoms with van der Waals surface area (Å²) < 4.78 is 0. The van der Waals surface area contributed by atoms with Gasteiger partial charge in [-0.2, -0.15) is 0 Å². The third-order valence-corrected chi connectivity index (χ3v) is 4.18. The predicted molar refractivity (Wildman–Crippen MR) is 69.7 cm³/mol. The largest absolute Gasteiger partial charge is 0.351 e. The SMILES string of the molecule is CC(=O)NC1CN(C[C@@H]2C(C)=CCC[C@H]2C)C1. The highest BCUT2D eigenvalue weighted by atomic mass is 16.1. The maximum absolute atomic E-state index is 10.9. The van der Waals surface area contributed by atoms with Crippen molar-refractivity contribution in [1.82, 2.24) is 10.2 Å². The molecule has 3 nitrogen and oxygen atoms in total. The quantitative estimate of drug-likeness (QED) is 0.758. The van der Waals surface area contributed by atoms with Gasteiger partial charge in [0, 0.05) is 26.6 Å². The molecular formula is C14H24N2O. The molecule has 0 saturated carbocycles. The van der Waals surface area contributed by atoms with Gasteiger partial charge in [-0.05, 0) is 31.6 Å². The third kappa shape index (κ3) is 3.09. The van der Waals surface area contributed by atoms with E-state index in [0.29, 0.717) is 6.04 Å². The Morgan fingerprint density at radius 1 is 1.53 bits per heavy atom. The molecule has 1 saturated heterocycles. The number of hydrogen-bond donors (Lipinski definition) is 1. The molecule has 2 atom stereocenters. The van der Waals surface area contributed by atoms with Gasteiger partial charge >= 0.3 is 0 Å². The Kier molecular flexibility index (Phi) is 3.87. The lowest BCUT2D eigenvalue weighted by atomic mass is 9.79. The van der Waals surface area contributed by atoms with Gasteiger partial charge in [0.25, 0.3) is 0 Å². The zero-order valence-electron chi connectivity index (χ0n) is 11.2. The van der Waals surface area contributed by atoms with Crippen LogP contribution in [0.4, 0.5) is 0 Å². The van der Waals surface area contributed by atoms with Gasteiger partial charge in [-0.1, -0.05) is 18.6 Å². The molecule has 0 bridgehead atoms. The first-order valence-corrected chi connectivity index (χ1v) is 6.72. The highest BCUT2D eigenvalue weighted by molar-refractivity contribution is 5.73. The monoisotopic (exact) mass is 236 g/mol. The second-order valence-electron chi connectivity index (χ2n) is 5.73. The minimum Gasteiger partial charge on any atom is -0.351 e. The van der Waals surface area contributed by atoms with Gasteiger partial charge in [0.15, 0.2) is 0 Å². The third-order valence-electron chi connectivity index (χ3n) is 4.18. The van der Waals surface area contributed by atoms with E-state index in [2.05, 4.69) is 30.1 Å². The van der Waals surface area contributed by atoms with E-state index in [4.69, 9.17) is 0 Å². The van der Waals surface area contributed by atoms with E-state index in [9.17, 15) is 4.79 Å². The number of amides is 1. The molecule has 1 N–H and O–H groups in total. The van der Waals surface area contributed by atoms with Crippen molar-refractivity contribution >= 4 is 5.91 Å². The van der Waals surface area contributed by atoms with Crippen molar-refractivity contribution in [3.05, 3.63) is 11.6 Å². The number of carbonyl (C=O) groups is 1. The maximum atomic E-state index is 10.9. The van der Waals surface area contributed by atoms with Gasteiger partial charge in [-0.3, -0.25) is 9.69 Å². The highest BCUT2D eigenvalue weighted by Gasteiger charge is 2.31. The molecule has 0 aromatic heterocycles. The van der Waals surface area contributed by atoms with Gasteiger partial charge in [0.05, 0.1) is 6.04 Å².